The number of piperazine rings is 1. The summed E-state index contributed by atoms with van der Waals surface area (Å²) in [4.78, 5) is 14.2. The summed E-state index contributed by atoms with van der Waals surface area (Å²) in [5, 5.41) is 0.0287. The van der Waals surface area contributed by atoms with E-state index < -0.39 is 10.0 Å². The minimum Gasteiger partial charge on any atom is -0.353 e. The van der Waals surface area contributed by atoms with Gasteiger partial charge in [0.15, 0.2) is 0 Å². The molecule has 2 aromatic heterocycles. The number of nitrogens with zero attached hydrogens (tertiary/aromatic N) is 6. The lowest BCUT2D eigenvalue weighted by Gasteiger charge is -2.34. The topological polar surface area (TPSA) is 84.2 Å². The maximum atomic E-state index is 12.6. The Kier molecular flexibility index (Phi) is 4.02. The number of halogens is 1. The van der Waals surface area contributed by atoms with Gasteiger partial charge < -0.3 is 9.47 Å². The second-order valence-corrected chi connectivity index (χ2v) is 7.12. The van der Waals surface area contributed by atoms with Gasteiger partial charge in [-0.15, -0.1) is 0 Å². The molecular weight excluding hydrogens is 328 g/mol. The Balaban J connectivity index is 1.75. The molecule has 22 heavy (non-hydrogen) atoms. The second-order valence-electron chi connectivity index (χ2n) is 4.91. The van der Waals surface area contributed by atoms with Crippen LogP contribution in [-0.2, 0) is 17.1 Å². The number of hydrogen-bond acceptors (Lipinski definition) is 6. The predicted molar refractivity (Wildman–Crippen MR) is 81.2 cm³/mol. The SMILES string of the molecule is Cn1cnc(S(=O)(=O)N2CCN(c3cnccn3)CC2)c1Cl. The van der Waals surface area contributed by atoms with Crippen molar-refractivity contribution in [2.24, 2.45) is 7.05 Å². The monoisotopic (exact) mass is 342 g/mol. The molecule has 0 bridgehead atoms. The number of aromatic nitrogens is 4. The van der Waals surface area contributed by atoms with E-state index in [0.717, 1.165) is 5.82 Å². The summed E-state index contributed by atoms with van der Waals surface area (Å²) in [6, 6.07) is 0. The summed E-state index contributed by atoms with van der Waals surface area (Å²) in [6.07, 6.45) is 6.28. The molecule has 0 amide bonds. The van der Waals surface area contributed by atoms with Crippen molar-refractivity contribution in [3.8, 4) is 0 Å². The molecular formula is C12H15ClN6O2S. The highest BCUT2D eigenvalue weighted by Crippen LogP contribution is 2.24. The molecule has 8 nitrogen and oxygen atoms in total. The normalized spacial score (nSPS) is 16.9. The van der Waals surface area contributed by atoms with Crippen molar-refractivity contribution in [2.45, 2.75) is 5.03 Å². The van der Waals surface area contributed by atoms with Crippen molar-refractivity contribution in [3.63, 3.8) is 0 Å². The third kappa shape index (κ3) is 2.67. The molecule has 0 radical (unpaired) electrons. The summed E-state index contributed by atoms with van der Waals surface area (Å²) in [6.45, 7) is 1.79. The Morgan fingerprint density at radius 3 is 2.41 bits per heavy atom. The summed E-state index contributed by atoms with van der Waals surface area (Å²) in [5.41, 5.74) is 0. The van der Waals surface area contributed by atoms with Gasteiger partial charge in [-0.25, -0.2) is 18.4 Å². The van der Waals surface area contributed by atoms with E-state index >= 15 is 0 Å². The van der Waals surface area contributed by atoms with E-state index in [9.17, 15) is 8.42 Å². The smallest absolute Gasteiger partial charge is 0.263 e. The van der Waals surface area contributed by atoms with Crippen LogP contribution in [0.3, 0.4) is 0 Å². The van der Waals surface area contributed by atoms with E-state index in [0.29, 0.717) is 26.2 Å². The Bertz CT molecular complexity index is 755. The van der Waals surface area contributed by atoms with Crippen LogP contribution in [0, 0.1) is 0 Å². The Morgan fingerprint density at radius 1 is 1.14 bits per heavy atom. The minimum atomic E-state index is -3.67. The van der Waals surface area contributed by atoms with Gasteiger partial charge >= 0.3 is 0 Å². The van der Waals surface area contributed by atoms with Crippen LogP contribution >= 0.6 is 11.6 Å². The van der Waals surface area contributed by atoms with Crippen LogP contribution in [0.15, 0.2) is 29.9 Å². The highest BCUT2D eigenvalue weighted by Gasteiger charge is 2.32. The van der Waals surface area contributed by atoms with Gasteiger partial charge in [0, 0.05) is 45.6 Å². The fourth-order valence-electron chi connectivity index (χ4n) is 2.30. The van der Waals surface area contributed by atoms with Crippen LogP contribution in [0.4, 0.5) is 5.82 Å². The van der Waals surface area contributed by atoms with Crippen molar-refractivity contribution >= 4 is 27.4 Å². The van der Waals surface area contributed by atoms with Crippen molar-refractivity contribution in [1.29, 1.82) is 0 Å². The van der Waals surface area contributed by atoms with E-state index in [1.807, 2.05) is 4.90 Å². The molecule has 1 fully saturated rings. The largest absolute Gasteiger partial charge is 0.353 e. The lowest BCUT2D eigenvalue weighted by Crippen LogP contribution is -2.49. The number of aryl methyl sites for hydroxylation is 1. The van der Waals surface area contributed by atoms with Crippen LogP contribution in [-0.4, -0.2) is 58.4 Å². The standard InChI is InChI=1S/C12H15ClN6O2S/c1-17-9-16-12(11(17)13)22(20,21)19-6-4-18(5-7-19)10-8-14-2-3-15-10/h2-3,8-9H,4-7H2,1H3. The van der Waals surface area contributed by atoms with Gasteiger partial charge in [-0.2, -0.15) is 4.31 Å². The lowest BCUT2D eigenvalue weighted by atomic mass is 10.3. The highest BCUT2D eigenvalue weighted by atomic mass is 35.5. The maximum Gasteiger partial charge on any atom is 0.263 e. The third-order valence-electron chi connectivity index (χ3n) is 3.53. The molecule has 1 saturated heterocycles. The van der Waals surface area contributed by atoms with Crippen molar-refractivity contribution in [2.75, 3.05) is 31.1 Å². The summed E-state index contributed by atoms with van der Waals surface area (Å²) >= 11 is 6.00. The average molecular weight is 343 g/mol. The molecule has 0 atom stereocenters. The van der Waals surface area contributed by atoms with E-state index in [2.05, 4.69) is 15.0 Å². The van der Waals surface area contributed by atoms with Gasteiger partial charge in [0.05, 0.1) is 12.5 Å². The van der Waals surface area contributed by atoms with Crippen LogP contribution in [0.5, 0.6) is 0 Å². The molecule has 0 aliphatic carbocycles. The van der Waals surface area contributed by atoms with Crippen LogP contribution < -0.4 is 4.90 Å². The molecule has 0 unspecified atom stereocenters. The molecule has 3 rings (SSSR count). The fraction of sp³-hybridized carbons (Fsp3) is 0.417. The zero-order valence-electron chi connectivity index (χ0n) is 11.9. The molecule has 3 heterocycles. The van der Waals surface area contributed by atoms with Crippen LogP contribution in [0.2, 0.25) is 5.15 Å². The number of sulfonamides is 1. The van der Waals surface area contributed by atoms with E-state index in [1.54, 1.807) is 25.6 Å². The number of rotatable bonds is 3. The Morgan fingerprint density at radius 2 is 1.86 bits per heavy atom. The van der Waals surface area contributed by atoms with Crippen molar-refractivity contribution in [1.82, 2.24) is 23.8 Å². The summed E-state index contributed by atoms with van der Waals surface area (Å²) in [7, 11) is -2.02. The number of hydrogen-bond donors (Lipinski definition) is 0. The lowest BCUT2D eigenvalue weighted by molar-refractivity contribution is 0.382. The van der Waals surface area contributed by atoms with Crippen molar-refractivity contribution < 1.29 is 8.42 Å². The van der Waals surface area contributed by atoms with Gasteiger partial charge in [0.1, 0.15) is 11.0 Å². The summed E-state index contributed by atoms with van der Waals surface area (Å²) < 4.78 is 28.0. The second kappa shape index (κ2) is 5.82. The van der Waals surface area contributed by atoms with Gasteiger partial charge in [-0.3, -0.25) is 4.98 Å². The molecule has 0 aromatic carbocycles. The molecule has 2 aromatic rings. The van der Waals surface area contributed by atoms with Crippen LogP contribution in [0.25, 0.3) is 0 Å². The van der Waals surface area contributed by atoms with Gasteiger partial charge in [0.2, 0.25) is 5.03 Å². The minimum absolute atomic E-state index is 0.0929. The highest BCUT2D eigenvalue weighted by molar-refractivity contribution is 7.89. The zero-order valence-corrected chi connectivity index (χ0v) is 13.5. The first kappa shape index (κ1) is 15.2. The molecule has 1 aliphatic rings. The summed E-state index contributed by atoms with van der Waals surface area (Å²) in [5.74, 6) is 0.746. The quantitative estimate of drug-likeness (QED) is 0.801. The molecule has 0 spiro atoms. The van der Waals surface area contributed by atoms with E-state index in [-0.39, 0.29) is 10.2 Å². The van der Waals surface area contributed by atoms with Gasteiger partial charge in [-0.05, 0) is 0 Å². The zero-order chi connectivity index (χ0) is 15.7. The van der Waals surface area contributed by atoms with Crippen molar-refractivity contribution in [3.05, 3.63) is 30.1 Å². The van der Waals surface area contributed by atoms with Crippen LogP contribution in [0.1, 0.15) is 0 Å². The van der Waals surface area contributed by atoms with Gasteiger partial charge in [0.25, 0.3) is 10.0 Å². The predicted octanol–water partition coefficient (Wildman–Crippen LogP) is 0.374. The van der Waals surface area contributed by atoms with Gasteiger partial charge in [-0.1, -0.05) is 11.6 Å². The molecule has 10 heteroatoms. The van der Waals surface area contributed by atoms with E-state index in [4.69, 9.17) is 11.6 Å². The fourth-order valence-corrected chi connectivity index (χ4v) is 4.11. The molecule has 0 N–H and O–H groups in total. The third-order valence-corrected chi connectivity index (χ3v) is 5.92. The Hall–Kier alpha value is -1.71. The van der Waals surface area contributed by atoms with E-state index in [1.165, 1.54) is 15.2 Å². The maximum absolute atomic E-state index is 12.6. The Labute approximate surface area is 133 Å². The molecule has 118 valence electrons. The first-order valence-electron chi connectivity index (χ1n) is 6.68. The molecule has 1 aliphatic heterocycles. The average Bonchev–Trinajstić information content (AvgIpc) is 2.88. The molecule has 0 saturated carbocycles. The first-order valence-corrected chi connectivity index (χ1v) is 8.50. The first-order chi connectivity index (χ1) is 10.5. The number of anilines is 1. The number of imidazole rings is 1.